The van der Waals surface area contributed by atoms with Crippen LogP contribution in [0.3, 0.4) is 0 Å². The van der Waals surface area contributed by atoms with Crippen LogP contribution in [-0.4, -0.2) is 15.1 Å². The molecule has 0 spiro atoms. The summed E-state index contributed by atoms with van der Waals surface area (Å²) in [6.45, 7) is 1.85. The van der Waals surface area contributed by atoms with Gasteiger partial charge in [0.05, 0.1) is 28.4 Å². The molecule has 5 heteroatoms. The van der Waals surface area contributed by atoms with Crippen LogP contribution in [0.25, 0.3) is 22.6 Å². The summed E-state index contributed by atoms with van der Waals surface area (Å²) >= 11 is 0. The lowest BCUT2D eigenvalue weighted by Crippen LogP contribution is -1.74. The van der Waals surface area contributed by atoms with E-state index in [1.54, 1.807) is 18.2 Å². The van der Waals surface area contributed by atoms with E-state index < -0.39 is 0 Å². The Morgan fingerprint density at radius 3 is 2.94 bits per heavy atom. The van der Waals surface area contributed by atoms with Crippen LogP contribution in [0.1, 0.15) is 11.3 Å². The normalized spacial score (nSPS) is 10.6. The first-order chi connectivity index (χ1) is 8.26. The largest absolute Gasteiger partial charge is 0.353 e. The van der Waals surface area contributed by atoms with Crippen LogP contribution in [0.2, 0.25) is 0 Å². The van der Waals surface area contributed by atoms with Gasteiger partial charge in [0, 0.05) is 6.07 Å². The highest BCUT2D eigenvalue weighted by Gasteiger charge is 2.10. The zero-order valence-electron chi connectivity index (χ0n) is 9.06. The molecular weight excluding hydrogens is 216 g/mol. The van der Waals surface area contributed by atoms with Crippen molar-refractivity contribution in [3.05, 3.63) is 35.5 Å². The number of benzene rings is 1. The van der Waals surface area contributed by atoms with E-state index in [1.165, 1.54) is 0 Å². The molecule has 2 aromatic heterocycles. The zero-order chi connectivity index (χ0) is 11.8. The van der Waals surface area contributed by atoms with E-state index in [9.17, 15) is 0 Å². The van der Waals surface area contributed by atoms with E-state index >= 15 is 0 Å². The third kappa shape index (κ3) is 1.56. The average molecular weight is 224 g/mol. The Kier molecular flexibility index (Phi) is 1.95. The molecule has 0 aliphatic heterocycles. The average Bonchev–Trinajstić information content (AvgIpc) is 2.93. The molecule has 0 atom stereocenters. The first kappa shape index (κ1) is 9.60. The molecule has 17 heavy (non-hydrogen) atoms. The quantitative estimate of drug-likeness (QED) is 0.688. The summed E-state index contributed by atoms with van der Waals surface area (Å²) in [5, 5.41) is 12.6. The maximum atomic E-state index is 8.81. The first-order valence-corrected chi connectivity index (χ1v) is 5.10. The number of nitriles is 1. The summed E-state index contributed by atoms with van der Waals surface area (Å²) < 4.78 is 5.13. The molecule has 2 heterocycles. The second-order valence-electron chi connectivity index (χ2n) is 3.76. The Morgan fingerprint density at radius 2 is 2.24 bits per heavy atom. The number of aryl methyl sites for hydroxylation is 1. The van der Waals surface area contributed by atoms with Gasteiger partial charge in [-0.15, -0.1) is 0 Å². The number of aromatic amines is 1. The van der Waals surface area contributed by atoms with Gasteiger partial charge in [-0.2, -0.15) is 5.26 Å². The second kappa shape index (κ2) is 3.46. The number of fused-ring (bicyclic) bond motifs is 1. The van der Waals surface area contributed by atoms with Crippen molar-refractivity contribution in [1.82, 2.24) is 15.1 Å². The molecule has 0 saturated heterocycles. The predicted octanol–water partition coefficient (Wildman–Crippen LogP) is 2.40. The van der Waals surface area contributed by atoms with Crippen molar-refractivity contribution in [2.45, 2.75) is 6.92 Å². The Labute approximate surface area is 96.7 Å². The Bertz CT molecular complexity index is 732. The maximum Gasteiger partial charge on any atom is 0.202 e. The fourth-order valence-electron chi connectivity index (χ4n) is 1.67. The van der Waals surface area contributed by atoms with Crippen molar-refractivity contribution < 1.29 is 4.52 Å². The van der Waals surface area contributed by atoms with E-state index in [0.29, 0.717) is 17.1 Å². The smallest absolute Gasteiger partial charge is 0.202 e. The van der Waals surface area contributed by atoms with Gasteiger partial charge in [0.15, 0.2) is 5.82 Å². The monoisotopic (exact) mass is 224 g/mol. The lowest BCUT2D eigenvalue weighted by atomic mass is 10.2. The summed E-state index contributed by atoms with van der Waals surface area (Å²) in [5.41, 5.74) is 3.01. The van der Waals surface area contributed by atoms with Gasteiger partial charge in [0.2, 0.25) is 5.76 Å². The molecule has 5 nitrogen and oxygen atoms in total. The zero-order valence-corrected chi connectivity index (χ0v) is 9.06. The highest BCUT2D eigenvalue weighted by atomic mass is 16.5. The SMILES string of the molecule is Cc1cc(-c2nc3ccc(C#N)cc3[nH]2)on1. The van der Waals surface area contributed by atoms with Crippen LogP contribution in [-0.2, 0) is 0 Å². The molecule has 0 amide bonds. The van der Waals surface area contributed by atoms with Gasteiger partial charge in [-0.25, -0.2) is 4.98 Å². The lowest BCUT2D eigenvalue weighted by molar-refractivity contribution is 0.425. The van der Waals surface area contributed by atoms with Crippen molar-refractivity contribution in [3.8, 4) is 17.7 Å². The van der Waals surface area contributed by atoms with E-state index in [4.69, 9.17) is 9.78 Å². The van der Waals surface area contributed by atoms with Crippen molar-refractivity contribution in [2.75, 3.05) is 0 Å². The van der Waals surface area contributed by atoms with E-state index in [1.807, 2.05) is 13.0 Å². The van der Waals surface area contributed by atoms with Crippen molar-refractivity contribution in [3.63, 3.8) is 0 Å². The van der Waals surface area contributed by atoms with Crippen LogP contribution in [0.15, 0.2) is 28.8 Å². The predicted molar refractivity (Wildman–Crippen MR) is 61.0 cm³/mol. The highest BCUT2D eigenvalue weighted by molar-refractivity contribution is 5.79. The number of H-pyrrole nitrogens is 1. The minimum atomic E-state index is 0.595. The molecule has 1 N–H and O–H groups in total. The van der Waals surface area contributed by atoms with Crippen molar-refractivity contribution in [2.24, 2.45) is 0 Å². The number of nitrogens with one attached hydrogen (secondary N) is 1. The number of imidazole rings is 1. The van der Waals surface area contributed by atoms with Crippen molar-refractivity contribution >= 4 is 11.0 Å². The maximum absolute atomic E-state index is 8.81. The Hall–Kier alpha value is -2.61. The Balaban J connectivity index is 2.17. The van der Waals surface area contributed by atoms with Crippen LogP contribution < -0.4 is 0 Å². The number of aromatic nitrogens is 3. The molecule has 1 aromatic carbocycles. The van der Waals surface area contributed by atoms with Gasteiger partial charge in [-0.1, -0.05) is 5.16 Å². The van der Waals surface area contributed by atoms with E-state index in [2.05, 4.69) is 21.2 Å². The van der Waals surface area contributed by atoms with Gasteiger partial charge >= 0.3 is 0 Å². The van der Waals surface area contributed by atoms with Gasteiger partial charge in [-0.05, 0) is 25.1 Å². The molecule has 3 rings (SSSR count). The summed E-state index contributed by atoms with van der Waals surface area (Å²) in [4.78, 5) is 7.48. The molecule has 0 aliphatic rings. The minimum Gasteiger partial charge on any atom is -0.353 e. The third-order valence-corrected chi connectivity index (χ3v) is 2.47. The Morgan fingerprint density at radius 1 is 1.35 bits per heavy atom. The molecule has 3 aromatic rings. The molecule has 0 fully saturated rings. The molecule has 0 saturated carbocycles. The van der Waals surface area contributed by atoms with Crippen LogP contribution in [0, 0.1) is 18.3 Å². The summed E-state index contributed by atoms with van der Waals surface area (Å²) in [5.74, 6) is 1.22. The number of hydrogen-bond acceptors (Lipinski definition) is 4. The fourth-order valence-corrected chi connectivity index (χ4v) is 1.67. The standard InChI is InChI=1S/C12H8N4O/c1-7-4-11(17-16-7)12-14-9-3-2-8(6-13)5-10(9)15-12/h2-5H,1H3,(H,14,15). The van der Waals surface area contributed by atoms with Gasteiger partial charge < -0.3 is 9.51 Å². The third-order valence-electron chi connectivity index (χ3n) is 2.47. The molecular formula is C12H8N4O. The summed E-state index contributed by atoms with van der Waals surface area (Å²) in [6, 6.07) is 9.19. The second-order valence-corrected chi connectivity index (χ2v) is 3.76. The van der Waals surface area contributed by atoms with Crippen molar-refractivity contribution in [1.29, 1.82) is 5.26 Å². The highest BCUT2D eigenvalue weighted by Crippen LogP contribution is 2.21. The molecule has 82 valence electrons. The van der Waals surface area contributed by atoms with Crippen LogP contribution in [0.4, 0.5) is 0 Å². The fraction of sp³-hybridized carbons (Fsp3) is 0.0833. The number of nitrogens with zero attached hydrogens (tertiary/aromatic N) is 3. The molecule has 0 aliphatic carbocycles. The molecule has 0 radical (unpaired) electrons. The lowest BCUT2D eigenvalue weighted by Gasteiger charge is -1.87. The molecule has 0 unspecified atom stereocenters. The minimum absolute atomic E-state index is 0.595. The van der Waals surface area contributed by atoms with Gasteiger partial charge in [-0.3, -0.25) is 0 Å². The van der Waals surface area contributed by atoms with Crippen LogP contribution in [0.5, 0.6) is 0 Å². The number of rotatable bonds is 1. The van der Waals surface area contributed by atoms with Crippen LogP contribution >= 0.6 is 0 Å². The van der Waals surface area contributed by atoms with E-state index in [-0.39, 0.29) is 0 Å². The topological polar surface area (TPSA) is 78.5 Å². The first-order valence-electron chi connectivity index (χ1n) is 5.10. The van der Waals surface area contributed by atoms with E-state index in [0.717, 1.165) is 16.7 Å². The van der Waals surface area contributed by atoms with Gasteiger partial charge in [0.25, 0.3) is 0 Å². The number of hydrogen-bond donors (Lipinski definition) is 1. The summed E-state index contributed by atoms with van der Waals surface area (Å²) in [6.07, 6.45) is 0. The summed E-state index contributed by atoms with van der Waals surface area (Å²) in [7, 11) is 0. The van der Waals surface area contributed by atoms with Gasteiger partial charge in [0.1, 0.15) is 0 Å². The molecule has 0 bridgehead atoms.